The summed E-state index contributed by atoms with van der Waals surface area (Å²) in [5.41, 5.74) is -0.0349. The summed E-state index contributed by atoms with van der Waals surface area (Å²) in [6, 6.07) is 3.14. The van der Waals surface area contributed by atoms with Crippen molar-refractivity contribution >= 4 is 61.3 Å². The van der Waals surface area contributed by atoms with Crippen LogP contribution in [0.1, 0.15) is 24.2 Å². The molecule has 0 aliphatic heterocycles. The monoisotopic (exact) mass is 540 g/mol. The second kappa shape index (κ2) is 7.42. The lowest BCUT2D eigenvalue weighted by molar-refractivity contribution is 0.0240. The van der Waals surface area contributed by atoms with Crippen molar-refractivity contribution in [1.29, 1.82) is 0 Å². The molecule has 1 aromatic carbocycles. The molecule has 0 fully saturated rings. The second-order valence-corrected chi connectivity index (χ2v) is 8.63. The zero-order valence-electron chi connectivity index (χ0n) is 11.2. The highest BCUT2D eigenvalue weighted by Crippen LogP contribution is 2.28. The minimum Gasteiger partial charge on any atom is -0.506 e. The zero-order chi connectivity index (χ0) is 16.4. The van der Waals surface area contributed by atoms with E-state index in [-0.39, 0.29) is 17.2 Å². The number of hydrogen-bond donors (Lipinski definition) is 2. The number of hydrogen-bond acceptors (Lipinski definition) is 5. The molecule has 6 nitrogen and oxygen atoms in total. The molecule has 1 unspecified atom stereocenters. The summed E-state index contributed by atoms with van der Waals surface area (Å²) in [7, 11) is -4.27. The third-order valence-corrected chi connectivity index (χ3v) is 4.82. The summed E-state index contributed by atoms with van der Waals surface area (Å²) in [5.74, 6) is -2.03. The van der Waals surface area contributed by atoms with Crippen molar-refractivity contribution in [3.63, 3.8) is 0 Å². The number of benzene rings is 1. The second-order valence-electron chi connectivity index (χ2n) is 4.72. The Morgan fingerprint density at radius 2 is 1.90 bits per heavy atom. The quantitative estimate of drug-likeness (QED) is 0.339. The average Bonchev–Trinajstić information content (AvgIpc) is 2.30. The number of aromatic hydroxyl groups is 1. The highest BCUT2D eigenvalue weighted by molar-refractivity contribution is 14.1. The van der Waals surface area contributed by atoms with E-state index in [9.17, 15) is 18.3 Å². The lowest BCUT2D eigenvalue weighted by Gasteiger charge is -2.20. The third-order valence-electron chi connectivity index (χ3n) is 2.62. The van der Waals surface area contributed by atoms with Gasteiger partial charge in [0.1, 0.15) is 23.2 Å². The van der Waals surface area contributed by atoms with Crippen LogP contribution in [0.3, 0.4) is 0 Å². The Hall–Kier alpha value is -0.140. The number of esters is 1. The summed E-state index contributed by atoms with van der Waals surface area (Å²) in [6.45, 7) is 3.34. The van der Waals surface area contributed by atoms with Gasteiger partial charge >= 0.3 is 5.97 Å². The molecule has 0 saturated heterocycles. The Kier molecular flexibility index (Phi) is 6.68. The van der Waals surface area contributed by atoms with Gasteiger partial charge < -0.3 is 9.84 Å². The van der Waals surface area contributed by atoms with Crippen LogP contribution in [0.5, 0.6) is 5.75 Å². The van der Waals surface area contributed by atoms with Gasteiger partial charge in [0.15, 0.2) is 0 Å². The van der Waals surface area contributed by atoms with Crippen molar-refractivity contribution in [2.24, 2.45) is 5.92 Å². The molecule has 2 N–H and O–H groups in total. The van der Waals surface area contributed by atoms with Crippen LogP contribution in [-0.4, -0.2) is 35.9 Å². The van der Waals surface area contributed by atoms with E-state index < -0.39 is 27.9 Å². The summed E-state index contributed by atoms with van der Waals surface area (Å²) in [5, 5.41) is 9.90. The largest absolute Gasteiger partial charge is 0.506 e. The lowest BCUT2D eigenvalue weighted by atomic mass is 10.1. The van der Waals surface area contributed by atoms with E-state index in [4.69, 9.17) is 9.29 Å². The molecule has 1 aromatic rings. The van der Waals surface area contributed by atoms with Crippen LogP contribution in [0.15, 0.2) is 12.1 Å². The highest BCUT2D eigenvalue weighted by Gasteiger charge is 2.26. The Morgan fingerprint density at radius 3 is 2.38 bits per heavy atom. The maximum Gasteiger partial charge on any atom is 0.342 e. The predicted molar refractivity (Wildman–Crippen MR) is 94.0 cm³/mol. The van der Waals surface area contributed by atoms with Crippen LogP contribution in [0.2, 0.25) is 0 Å². The van der Waals surface area contributed by atoms with E-state index in [0.717, 1.165) is 3.57 Å². The van der Waals surface area contributed by atoms with Gasteiger partial charge in [-0.05, 0) is 63.2 Å². The molecule has 118 valence electrons. The minimum atomic E-state index is -4.27. The molecular weight excluding hydrogens is 526 g/mol. The smallest absolute Gasteiger partial charge is 0.342 e. The van der Waals surface area contributed by atoms with Gasteiger partial charge in [0.25, 0.3) is 10.1 Å². The Labute approximate surface area is 150 Å². The number of carbonyl (C=O) groups excluding carboxylic acids is 1. The molecule has 0 bridgehead atoms. The molecule has 9 heteroatoms. The first-order chi connectivity index (χ1) is 9.51. The summed E-state index contributed by atoms with van der Waals surface area (Å²) >= 11 is 3.87. The van der Waals surface area contributed by atoms with Crippen LogP contribution in [0, 0.1) is 13.1 Å². The predicted octanol–water partition coefficient (Wildman–Crippen LogP) is 2.67. The van der Waals surface area contributed by atoms with E-state index in [0.29, 0.717) is 3.57 Å². The number of halogens is 2. The molecule has 0 amide bonds. The normalized spacial score (nSPS) is 13.2. The lowest BCUT2D eigenvalue weighted by Crippen LogP contribution is -2.31. The first-order valence-electron chi connectivity index (χ1n) is 5.85. The minimum absolute atomic E-state index is 0.0349. The Bertz CT molecular complexity index is 641. The summed E-state index contributed by atoms with van der Waals surface area (Å²) < 4.78 is 37.1. The van der Waals surface area contributed by atoms with Gasteiger partial charge in [-0.15, -0.1) is 0 Å². The van der Waals surface area contributed by atoms with E-state index in [1.807, 2.05) is 45.2 Å². The van der Waals surface area contributed by atoms with E-state index in [1.165, 1.54) is 6.07 Å². The maximum atomic E-state index is 12.1. The summed E-state index contributed by atoms with van der Waals surface area (Å²) in [6.07, 6.45) is -0.998. The molecule has 0 aliphatic rings. The van der Waals surface area contributed by atoms with Gasteiger partial charge in [-0.3, -0.25) is 4.55 Å². The van der Waals surface area contributed by atoms with Crippen LogP contribution in [-0.2, 0) is 14.9 Å². The van der Waals surface area contributed by atoms with Crippen molar-refractivity contribution < 1.29 is 27.6 Å². The van der Waals surface area contributed by atoms with Gasteiger partial charge in [-0.2, -0.15) is 8.42 Å². The standard InChI is InChI=1S/C12H14I2O6S/c1-6(2)10(5-21(17,18)19)20-12(16)8-3-7(13)4-9(14)11(8)15/h3-4,6,10,15H,5H2,1-2H3,(H,17,18,19). The van der Waals surface area contributed by atoms with Crippen molar-refractivity contribution in [1.82, 2.24) is 0 Å². The van der Waals surface area contributed by atoms with Gasteiger partial charge in [0.2, 0.25) is 0 Å². The number of carbonyl (C=O) groups is 1. The van der Waals surface area contributed by atoms with Gasteiger partial charge in [-0.1, -0.05) is 13.8 Å². The molecule has 0 aliphatic carbocycles. The van der Waals surface area contributed by atoms with E-state index in [1.54, 1.807) is 19.9 Å². The SMILES string of the molecule is CC(C)C(CS(=O)(=O)O)OC(=O)c1cc(I)cc(I)c1O. The van der Waals surface area contributed by atoms with E-state index >= 15 is 0 Å². The number of ether oxygens (including phenoxy) is 1. The van der Waals surface area contributed by atoms with E-state index in [2.05, 4.69) is 0 Å². The molecule has 0 radical (unpaired) electrons. The number of rotatable bonds is 5. The number of phenols is 1. The Morgan fingerprint density at radius 1 is 1.33 bits per heavy atom. The van der Waals surface area contributed by atoms with Crippen LogP contribution in [0.25, 0.3) is 0 Å². The highest BCUT2D eigenvalue weighted by atomic mass is 127. The van der Waals surface area contributed by atoms with Crippen molar-refractivity contribution in [3.05, 3.63) is 24.8 Å². The van der Waals surface area contributed by atoms with Crippen LogP contribution in [0.4, 0.5) is 0 Å². The molecule has 0 aromatic heterocycles. The molecule has 21 heavy (non-hydrogen) atoms. The van der Waals surface area contributed by atoms with Gasteiger partial charge in [0.05, 0.1) is 3.57 Å². The van der Waals surface area contributed by atoms with Crippen molar-refractivity contribution in [3.8, 4) is 5.75 Å². The van der Waals surface area contributed by atoms with Gasteiger partial charge in [0, 0.05) is 3.57 Å². The summed E-state index contributed by atoms with van der Waals surface area (Å²) in [4.78, 5) is 12.1. The molecule has 1 atom stereocenters. The van der Waals surface area contributed by atoms with Crippen LogP contribution >= 0.6 is 45.2 Å². The molecular formula is C12H14I2O6S. The molecule has 0 saturated carbocycles. The molecule has 0 heterocycles. The topological polar surface area (TPSA) is 101 Å². The van der Waals surface area contributed by atoms with Crippen LogP contribution < -0.4 is 0 Å². The fraction of sp³-hybridized carbons (Fsp3) is 0.417. The average molecular weight is 540 g/mol. The fourth-order valence-electron chi connectivity index (χ4n) is 1.49. The van der Waals surface area contributed by atoms with Crippen molar-refractivity contribution in [2.75, 3.05) is 5.75 Å². The fourth-order valence-corrected chi connectivity index (χ4v) is 4.21. The molecule has 1 rings (SSSR count). The van der Waals surface area contributed by atoms with Crippen molar-refractivity contribution in [2.45, 2.75) is 20.0 Å². The zero-order valence-corrected chi connectivity index (χ0v) is 16.3. The van der Waals surface area contributed by atoms with Gasteiger partial charge in [-0.25, -0.2) is 4.79 Å². The first kappa shape index (κ1) is 18.9. The number of phenolic OH excluding ortho intramolecular Hbond substituents is 1. The molecule has 0 spiro atoms. The third kappa shape index (κ3) is 5.87. The maximum absolute atomic E-state index is 12.1. The first-order valence-corrected chi connectivity index (χ1v) is 9.62. The Balaban J connectivity index is 3.03.